The molecule has 1 aromatic heterocycles. The molecule has 3 nitrogen and oxygen atoms in total. The Morgan fingerprint density at radius 3 is 2.89 bits per heavy atom. The van der Waals surface area contributed by atoms with Gasteiger partial charge >= 0.3 is 0 Å². The standard InChI is InChI=1S/C16H26N2O/c1-4-5-13-6-7-16(19)14(10-13)11-15-8-9-18(17-15)12(2)3/h8-9,12-14H,4-7,10-11H2,1-3H3. The molecule has 3 heteroatoms. The summed E-state index contributed by atoms with van der Waals surface area (Å²) in [6.45, 7) is 6.48. The quantitative estimate of drug-likeness (QED) is 0.809. The molecule has 0 amide bonds. The molecular weight excluding hydrogens is 236 g/mol. The first-order chi connectivity index (χ1) is 9.10. The smallest absolute Gasteiger partial charge is 0.136 e. The number of hydrogen-bond acceptors (Lipinski definition) is 2. The number of carbonyl (C=O) groups excluding carboxylic acids is 1. The van der Waals surface area contributed by atoms with Crippen molar-refractivity contribution in [2.45, 2.75) is 65.3 Å². The van der Waals surface area contributed by atoms with Gasteiger partial charge in [-0.15, -0.1) is 0 Å². The highest BCUT2D eigenvalue weighted by atomic mass is 16.1. The van der Waals surface area contributed by atoms with Crippen LogP contribution in [0, 0.1) is 11.8 Å². The molecule has 1 aromatic rings. The first-order valence-corrected chi connectivity index (χ1v) is 7.66. The zero-order valence-electron chi connectivity index (χ0n) is 12.4. The fourth-order valence-electron chi connectivity index (χ4n) is 3.10. The number of carbonyl (C=O) groups is 1. The predicted octanol–water partition coefficient (Wildman–Crippen LogP) is 3.79. The first kappa shape index (κ1) is 14.3. The largest absolute Gasteiger partial charge is 0.299 e. The molecule has 0 bridgehead atoms. The molecule has 19 heavy (non-hydrogen) atoms. The van der Waals surface area contributed by atoms with Crippen molar-refractivity contribution in [1.82, 2.24) is 9.78 Å². The number of ketones is 1. The maximum absolute atomic E-state index is 12.1. The Hall–Kier alpha value is -1.12. The summed E-state index contributed by atoms with van der Waals surface area (Å²) in [6.07, 6.45) is 8.30. The molecule has 0 radical (unpaired) electrons. The maximum atomic E-state index is 12.1. The zero-order chi connectivity index (χ0) is 13.8. The summed E-state index contributed by atoms with van der Waals surface area (Å²) in [5.74, 6) is 1.41. The van der Waals surface area contributed by atoms with Gasteiger partial charge in [0.25, 0.3) is 0 Å². The second-order valence-corrected chi connectivity index (χ2v) is 6.18. The van der Waals surface area contributed by atoms with Gasteiger partial charge in [0.15, 0.2) is 0 Å². The van der Waals surface area contributed by atoms with E-state index in [0.717, 1.165) is 37.3 Å². The van der Waals surface area contributed by atoms with E-state index >= 15 is 0 Å². The van der Waals surface area contributed by atoms with E-state index in [1.54, 1.807) is 0 Å². The van der Waals surface area contributed by atoms with Crippen LogP contribution in [0.15, 0.2) is 12.3 Å². The molecule has 1 heterocycles. The van der Waals surface area contributed by atoms with Gasteiger partial charge < -0.3 is 0 Å². The number of hydrogen-bond donors (Lipinski definition) is 0. The normalized spacial score (nSPS) is 24.1. The number of nitrogens with zero attached hydrogens (tertiary/aromatic N) is 2. The van der Waals surface area contributed by atoms with E-state index in [0.29, 0.717) is 11.8 Å². The van der Waals surface area contributed by atoms with Gasteiger partial charge in [0, 0.05) is 31.0 Å². The van der Waals surface area contributed by atoms with Crippen molar-refractivity contribution < 1.29 is 4.79 Å². The summed E-state index contributed by atoms with van der Waals surface area (Å²) >= 11 is 0. The lowest BCUT2D eigenvalue weighted by molar-refractivity contribution is -0.125. The van der Waals surface area contributed by atoms with Crippen molar-refractivity contribution in [3.8, 4) is 0 Å². The monoisotopic (exact) mass is 262 g/mol. The minimum Gasteiger partial charge on any atom is -0.299 e. The third-order valence-electron chi connectivity index (χ3n) is 4.22. The molecule has 1 aliphatic rings. The molecule has 0 saturated heterocycles. The molecule has 0 aliphatic heterocycles. The van der Waals surface area contributed by atoms with Crippen LogP contribution < -0.4 is 0 Å². The number of Topliss-reactive ketones (excluding diaryl/α,β-unsaturated/α-hetero) is 1. The Labute approximate surface area is 116 Å². The van der Waals surface area contributed by atoms with Gasteiger partial charge in [-0.1, -0.05) is 19.8 Å². The van der Waals surface area contributed by atoms with Crippen LogP contribution in [-0.4, -0.2) is 15.6 Å². The lowest BCUT2D eigenvalue weighted by atomic mass is 9.77. The SMILES string of the molecule is CCCC1CCC(=O)C(Cc2ccn(C(C)C)n2)C1. The van der Waals surface area contributed by atoms with Crippen LogP contribution in [0.4, 0.5) is 0 Å². The Bertz CT molecular complexity index is 422. The summed E-state index contributed by atoms with van der Waals surface area (Å²) in [6, 6.07) is 2.46. The van der Waals surface area contributed by atoms with Gasteiger partial charge in [-0.2, -0.15) is 5.10 Å². The maximum Gasteiger partial charge on any atom is 0.136 e. The van der Waals surface area contributed by atoms with Crippen LogP contribution in [0.3, 0.4) is 0 Å². The van der Waals surface area contributed by atoms with Crippen molar-refractivity contribution in [3.63, 3.8) is 0 Å². The van der Waals surface area contributed by atoms with E-state index in [2.05, 4.69) is 31.9 Å². The third kappa shape index (κ3) is 3.68. The van der Waals surface area contributed by atoms with E-state index in [1.165, 1.54) is 12.8 Å². The average molecular weight is 262 g/mol. The molecule has 0 N–H and O–H groups in total. The van der Waals surface area contributed by atoms with Gasteiger partial charge in [-0.05, 0) is 38.7 Å². The minimum absolute atomic E-state index is 0.209. The summed E-state index contributed by atoms with van der Waals surface area (Å²) in [5.41, 5.74) is 1.07. The van der Waals surface area contributed by atoms with Crippen LogP contribution in [0.5, 0.6) is 0 Å². The van der Waals surface area contributed by atoms with E-state index in [4.69, 9.17) is 0 Å². The van der Waals surface area contributed by atoms with Gasteiger partial charge in [-0.25, -0.2) is 0 Å². The molecule has 106 valence electrons. The zero-order valence-corrected chi connectivity index (χ0v) is 12.4. The Morgan fingerprint density at radius 2 is 2.26 bits per heavy atom. The molecule has 1 fully saturated rings. The fraction of sp³-hybridized carbons (Fsp3) is 0.750. The predicted molar refractivity (Wildman–Crippen MR) is 77.1 cm³/mol. The van der Waals surface area contributed by atoms with Gasteiger partial charge in [-0.3, -0.25) is 9.48 Å². The second-order valence-electron chi connectivity index (χ2n) is 6.18. The Balaban J connectivity index is 1.97. The molecule has 0 spiro atoms. The third-order valence-corrected chi connectivity index (χ3v) is 4.22. The van der Waals surface area contributed by atoms with E-state index in [-0.39, 0.29) is 5.92 Å². The summed E-state index contributed by atoms with van der Waals surface area (Å²) in [4.78, 5) is 12.1. The van der Waals surface area contributed by atoms with E-state index in [9.17, 15) is 4.79 Å². The Morgan fingerprint density at radius 1 is 1.47 bits per heavy atom. The lowest BCUT2D eigenvalue weighted by Crippen LogP contribution is -2.26. The summed E-state index contributed by atoms with van der Waals surface area (Å²) in [5, 5.41) is 4.57. The molecule has 2 rings (SSSR count). The van der Waals surface area contributed by atoms with Crippen molar-refractivity contribution in [3.05, 3.63) is 18.0 Å². The average Bonchev–Trinajstić information content (AvgIpc) is 2.82. The molecule has 0 aromatic carbocycles. The van der Waals surface area contributed by atoms with Crippen LogP contribution in [0.2, 0.25) is 0 Å². The molecule has 2 atom stereocenters. The summed E-state index contributed by atoms with van der Waals surface area (Å²) < 4.78 is 1.98. The van der Waals surface area contributed by atoms with Gasteiger partial charge in [0.1, 0.15) is 5.78 Å². The minimum atomic E-state index is 0.209. The van der Waals surface area contributed by atoms with Gasteiger partial charge in [0.05, 0.1) is 5.69 Å². The highest BCUT2D eigenvalue weighted by Crippen LogP contribution is 2.31. The second kappa shape index (κ2) is 6.36. The highest BCUT2D eigenvalue weighted by molar-refractivity contribution is 5.81. The van der Waals surface area contributed by atoms with Crippen molar-refractivity contribution in [1.29, 1.82) is 0 Å². The number of aromatic nitrogens is 2. The molecule has 1 saturated carbocycles. The van der Waals surface area contributed by atoms with Crippen LogP contribution in [0.1, 0.15) is 64.6 Å². The fourth-order valence-corrected chi connectivity index (χ4v) is 3.10. The molecule has 2 unspecified atom stereocenters. The molecular formula is C16H26N2O. The number of rotatable bonds is 5. The van der Waals surface area contributed by atoms with Crippen molar-refractivity contribution >= 4 is 5.78 Å². The molecule has 1 aliphatic carbocycles. The first-order valence-electron chi connectivity index (χ1n) is 7.66. The van der Waals surface area contributed by atoms with Crippen LogP contribution in [-0.2, 0) is 11.2 Å². The van der Waals surface area contributed by atoms with E-state index in [1.807, 2.05) is 10.9 Å². The lowest BCUT2D eigenvalue weighted by Gasteiger charge is -2.27. The highest BCUT2D eigenvalue weighted by Gasteiger charge is 2.28. The summed E-state index contributed by atoms with van der Waals surface area (Å²) in [7, 11) is 0. The van der Waals surface area contributed by atoms with E-state index < -0.39 is 0 Å². The van der Waals surface area contributed by atoms with Crippen molar-refractivity contribution in [2.24, 2.45) is 11.8 Å². The Kier molecular flexibility index (Phi) is 4.78. The van der Waals surface area contributed by atoms with Crippen molar-refractivity contribution in [2.75, 3.05) is 0 Å². The topological polar surface area (TPSA) is 34.9 Å². The van der Waals surface area contributed by atoms with Gasteiger partial charge in [0.2, 0.25) is 0 Å². The van der Waals surface area contributed by atoms with Crippen LogP contribution in [0.25, 0.3) is 0 Å². The van der Waals surface area contributed by atoms with Crippen LogP contribution >= 0.6 is 0 Å².